The van der Waals surface area contributed by atoms with Gasteiger partial charge in [-0.05, 0) is 61.8 Å². The van der Waals surface area contributed by atoms with Crippen LogP contribution in [0.15, 0.2) is 22.9 Å². The molecular weight excluding hydrogens is 657 g/mol. The summed E-state index contributed by atoms with van der Waals surface area (Å²) in [6.07, 6.45) is 34.2. The second kappa shape index (κ2) is 27.4. The van der Waals surface area contributed by atoms with Crippen LogP contribution in [0, 0.1) is 0 Å². The first-order valence-corrected chi connectivity index (χ1v) is 23.4. The zero-order chi connectivity index (χ0) is 34.8. The highest BCUT2D eigenvalue weighted by atomic mass is 32.1. The van der Waals surface area contributed by atoms with Gasteiger partial charge in [-0.15, -0.1) is 34.0 Å². The molecule has 3 heterocycles. The molecule has 0 amide bonds. The second-order valence-corrected chi connectivity index (χ2v) is 17.1. The van der Waals surface area contributed by atoms with Gasteiger partial charge in [-0.25, -0.2) is 0 Å². The van der Waals surface area contributed by atoms with Crippen molar-refractivity contribution in [2.45, 2.75) is 195 Å². The van der Waals surface area contributed by atoms with Gasteiger partial charge in [-0.2, -0.15) is 0 Å². The molecule has 0 saturated heterocycles. The average Bonchev–Trinajstić information content (AvgIpc) is 3.86. The summed E-state index contributed by atoms with van der Waals surface area (Å²) >= 11 is 5.80. The summed E-state index contributed by atoms with van der Waals surface area (Å²) in [7, 11) is 0. The van der Waals surface area contributed by atoms with E-state index in [-0.39, 0.29) is 0 Å². The van der Waals surface area contributed by atoms with Crippen LogP contribution in [0.2, 0.25) is 0 Å². The summed E-state index contributed by atoms with van der Waals surface area (Å²) in [6, 6.07) is 4.68. The lowest BCUT2D eigenvalue weighted by atomic mass is 9.96. The van der Waals surface area contributed by atoms with Crippen LogP contribution >= 0.6 is 34.0 Å². The monoisotopic (exact) mass is 728 g/mol. The van der Waals surface area contributed by atoms with Crippen molar-refractivity contribution in [2.24, 2.45) is 0 Å². The maximum Gasteiger partial charge on any atom is 0.130 e. The van der Waals surface area contributed by atoms with Crippen molar-refractivity contribution in [3.63, 3.8) is 0 Å². The zero-order valence-electron chi connectivity index (χ0n) is 32.1. The predicted octanol–water partition coefficient (Wildman–Crippen LogP) is 16.5. The van der Waals surface area contributed by atoms with Crippen molar-refractivity contribution in [2.75, 3.05) is 13.2 Å². The smallest absolute Gasteiger partial charge is 0.130 e. The number of ether oxygens (including phenoxy) is 2. The molecule has 2 nitrogen and oxygen atoms in total. The van der Waals surface area contributed by atoms with Crippen molar-refractivity contribution >= 4 is 34.0 Å². The fourth-order valence-corrected chi connectivity index (χ4v) is 10.1. The maximum absolute atomic E-state index is 6.31. The molecule has 49 heavy (non-hydrogen) atoms. The molecule has 0 aliphatic rings. The Bertz CT molecular complexity index is 1110. The van der Waals surface area contributed by atoms with E-state index in [0.29, 0.717) is 0 Å². The van der Waals surface area contributed by atoms with Crippen molar-refractivity contribution in [3.05, 3.63) is 34.0 Å². The standard InChI is InChI=1S/C44H72O2S3/c1-5-9-13-17-19-21-23-27-31-45-37-33-41(47-35-37)43-39(29-25-15-11-7-3)40(30-26-16-12-8-4)44(49-43)42-34-38(36-48-42)46-32-28-24-22-20-18-14-10-6-2/h33-36H,5-32H2,1-4H3. The minimum absolute atomic E-state index is 0.838. The van der Waals surface area contributed by atoms with Gasteiger partial charge in [0.1, 0.15) is 11.5 Å². The third-order valence-corrected chi connectivity index (χ3v) is 13.3. The van der Waals surface area contributed by atoms with Gasteiger partial charge in [0.2, 0.25) is 0 Å². The van der Waals surface area contributed by atoms with Crippen LogP contribution in [0.3, 0.4) is 0 Å². The van der Waals surface area contributed by atoms with Crippen molar-refractivity contribution in [1.29, 1.82) is 0 Å². The molecule has 278 valence electrons. The molecule has 0 bridgehead atoms. The van der Waals surface area contributed by atoms with E-state index >= 15 is 0 Å². The molecule has 0 atom stereocenters. The van der Waals surface area contributed by atoms with E-state index < -0.39 is 0 Å². The Morgan fingerprint density at radius 2 is 0.735 bits per heavy atom. The SMILES string of the molecule is CCCCCCCCCCOc1csc(-c2sc(-c3cc(OCCCCCCCCCC)cs3)c(CCCCCC)c2CCCCCC)c1. The van der Waals surface area contributed by atoms with Gasteiger partial charge in [0.15, 0.2) is 0 Å². The quantitative estimate of drug-likeness (QED) is 0.0596. The largest absolute Gasteiger partial charge is 0.493 e. The molecule has 0 spiro atoms. The lowest BCUT2D eigenvalue weighted by Crippen LogP contribution is -1.96. The fourth-order valence-electron chi connectivity index (χ4n) is 6.76. The molecule has 0 radical (unpaired) electrons. The molecule has 3 aromatic rings. The van der Waals surface area contributed by atoms with Crippen molar-refractivity contribution < 1.29 is 9.47 Å². The minimum Gasteiger partial charge on any atom is -0.493 e. The van der Waals surface area contributed by atoms with Gasteiger partial charge in [-0.1, -0.05) is 156 Å². The third-order valence-electron chi connectivity index (χ3n) is 9.81. The Hall–Kier alpha value is -1.30. The Kier molecular flexibility index (Phi) is 23.5. The highest BCUT2D eigenvalue weighted by Crippen LogP contribution is 2.48. The van der Waals surface area contributed by atoms with Crippen molar-refractivity contribution in [1.82, 2.24) is 0 Å². The first kappa shape index (κ1) is 42.1. The van der Waals surface area contributed by atoms with Gasteiger partial charge in [0, 0.05) is 30.3 Å². The van der Waals surface area contributed by atoms with Crippen LogP contribution in [-0.4, -0.2) is 13.2 Å². The predicted molar refractivity (Wildman–Crippen MR) is 223 cm³/mol. The topological polar surface area (TPSA) is 18.5 Å². The molecule has 0 saturated carbocycles. The number of rotatable bonds is 32. The third kappa shape index (κ3) is 16.7. The Labute approximate surface area is 314 Å². The van der Waals surface area contributed by atoms with Gasteiger partial charge >= 0.3 is 0 Å². The molecular formula is C44H72O2S3. The second-order valence-electron chi connectivity index (χ2n) is 14.3. The van der Waals surface area contributed by atoms with Crippen LogP contribution in [-0.2, 0) is 12.8 Å². The number of hydrogen-bond donors (Lipinski definition) is 0. The average molecular weight is 729 g/mol. The summed E-state index contributed by atoms with van der Waals surface area (Å²) in [6.45, 7) is 10.9. The molecule has 0 unspecified atom stereocenters. The van der Waals surface area contributed by atoms with Crippen LogP contribution < -0.4 is 9.47 Å². The Morgan fingerprint density at radius 1 is 0.408 bits per heavy atom. The first-order chi connectivity index (χ1) is 24.2. The lowest BCUT2D eigenvalue weighted by Gasteiger charge is -2.09. The van der Waals surface area contributed by atoms with E-state index in [9.17, 15) is 0 Å². The van der Waals surface area contributed by atoms with Crippen LogP contribution in [0.25, 0.3) is 19.5 Å². The molecule has 0 aromatic carbocycles. The van der Waals surface area contributed by atoms with Gasteiger partial charge in [-0.3, -0.25) is 0 Å². The highest BCUT2D eigenvalue weighted by molar-refractivity contribution is 7.26. The van der Waals surface area contributed by atoms with Gasteiger partial charge in [0.25, 0.3) is 0 Å². The first-order valence-electron chi connectivity index (χ1n) is 20.8. The molecule has 0 N–H and O–H groups in total. The maximum atomic E-state index is 6.31. The summed E-state index contributed by atoms with van der Waals surface area (Å²) in [4.78, 5) is 5.79. The Morgan fingerprint density at radius 3 is 1.10 bits per heavy atom. The van der Waals surface area contributed by atoms with E-state index in [2.05, 4.69) is 50.6 Å². The summed E-state index contributed by atoms with van der Waals surface area (Å²) in [5, 5.41) is 4.51. The normalized spacial score (nSPS) is 11.5. The van der Waals surface area contributed by atoms with Gasteiger partial charge in [0.05, 0.1) is 13.2 Å². The van der Waals surface area contributed by atoms with E-state index in [1.807, 2.05) is 34.0 Å². The zero-order valence-corrected chi connectivity index (χ0v) is 34.6. The molecule has 3 aromatic heterocycles. The number of thiophene rings is 3. The number of hydrogen-bond acceptors (Lipinski definition) is 5. The van der Waals surface area contributed by atoms with Gasteiger partial charge < -0.3 is 9.47 Å². The molecule has 0 fully saturated rings. The van der Waals surface area contributed by atoms with Crippen LogP contribution in [0.5, 0.6) is 11.5 Å². The minimum atomic E-state index is 0.838. The summed E-state index contributed by atoms with van der Waals surface area (Å²) in [5.41, 5.74) is 3.25. The van der Waals surface area contributed by atoms with Crippen LogP contribution in [0.1, 0.15) is 193 Å². The van der Waals surface area contributed by atoms with E-state index in [0.717, 1.165) is 37.6 Å². The molecule has 0 aliphatic heterocycles. The molecule has 3 rings (SSSR count). The van der Waals surface area contributed by atoms with Crippen molar-refractivity contribution in [3.8, 4) is 31.0 Å². The van der Waals surface area contributed by atoms with E-state index in [1.54, 1.807) is 11.1 Å². The molecule has 5 heteroatoms. The summed E-state index contributed by atoms with van der Waals surface area (Å²) in [5.74, 6) is 2.12. The highest BCUT2D eigenvalue weighted by Gasteiger charge is 2.22. The fraction of sp³-hybridized carbons (Fsp3) is 0.727. The lowest BCUT2D eigenvalue weighted by molar-refractivity contribution is 0.305. The molecule has 0 aliphatic carbocycles. The van der Waals surface area contributed by atoms with E-state index in [4.69, 9.17) is 9.47 Å². The van der Waals surface area contributed by atoms with Crippen LogP contribution in [0.4, 0.5) is 0 Å². The Balaban J connectivity index is 1.69. The summed E-state index contributed by atoms with van der Waals surface area (Å²) < 4.78 is 12.6. The van der Waals surface area contributed by atoms with E-state index in [1.165, 1.54) is 174 Å². The number of unbranched alkanes of at least 4 members (excludes halogenated alkanes) is 20.